The van der Waals surface area contributed by atoms with Crippen molar-refractivity contribution < 1.29 is 0 Å². The second-order valence-electron chi connectivity index (χ2n) is 5.48. The van der Waals surface area contributed by atoms with Gasteiger partial charge in [-0.1, -0.05) is 78.4 Å². The van der Waals surface area contributed by atoms with E-state index in [1.807, 2.05) is 12.1 Å². The monoisotopic (exact) mass is 306 g/mol. The van der Waals surface area contributed by atoms with E-state index in [2.05, 4.69) is 94.1 Å². The van der Waals surface area contributed by atoms with Crippen LogP contribution in [-0.4, -0.2) is 0 Å². The highest BCUT2D eigenvalue weighted by Gasteiger charge is 1.97. The van der Waals surface area contributed by atoms with Crippen LogP contribution in [0.1, 0.15) is 16.7 Å². The molecule has 0 nitrogen and oxygen atoms in total. The van der Waals surface area contributed by atoms with Crippen LogP contribution in [0.5, 0.6) is 0 Å². The van der Waals surface area contributed by atoms with Crippen LogP contribution in [0.25, 0.3) is 11.1 Å². The molecule has 0 bridgehead atoms. The minimum Gasteiger partial charge on any atom is -0.143 e. The summed E-state index contributed by atoms with van der Waals surface area (Å²) in [5.74, 6) is 0. The molecule has 1 heteroatoms. The lowest BCUT2D eigenvalue weighted by atomic mass is 10.1. The summed E-state index contributed by atoms with van der Waals surface area (Å²) in [5, 5.41) is 0. The van der Waals surface area contributed by atoms with Gasteiger partial charge in [0.2, 0.25) is 0 Å². The fraction of sp³-hybridized carbons (Fsp3) is 0.143. The van der Waals surface area contributed by atoms with Crippen LogP contribution >= 0.6 is 12.6 Å². The van der Waals surface area contributed by atoms with Crippen molar-refractivity contribution in [2.24, 2.45) is 0 Å². The number of rotatable bonds is 1. The third-order valence-corrected chi connectivity index (χ3v) is 4.22. The van der Waals surface area contributed by atoms with Gasteiger partial charge in [-0.15, -0.1) is 12.6 Å². The fourth-order valence-electron chi connectivity index (χ4n) is 2.43. The second-order valence-corrected chi connectivity index (χ2v) is 5.93. The first-order valence-electron chi connectivity index (χ1n) is 7.45. The van der Waals surface area contributed by atoms with Gasteiger partial charge < -0.3 is 0 Å². The van der Waals surface area contributed by atoms with Gasteiger partial charge in [0.25, 0.3) is 0 Å². The maximum Gasteiger partial charge on any atom is 0.00987 e. The Morgan fingerprint density at radius 1 is 0.591 bits per heavy atom. The van der Waals surface area contributed by atoms with Crippen LogP contribution < -0.4 is 0 Å². The Kier molecular flexibility index (Phi) is 5.85. The molecule has 0 aliphatic rings. The van der Waals surface area contributed by atoms with E-state index < -0.39 is 0 Å². The van der Waals surface area contributed by atoms with E-state index >= 15 is 0 Å². The average Bonchev–Trinajstić information content (AvgIpc) is 2.55. The van der Waals surface area contributed by atoms with Crippen molar-refractivity contribution in [3.05, 3.63) is 89.5 Å². The van der Waals surface area contributed by atoms with Gasteiger partial charge in [-0.2, -0.15) is 0 Å². The van der Waals surface area contributed by atoms with Gasteiger partial charge in [0, 0.05) is 4.90 Å². The van der Waals surface area contributed by atoms with Crippen molar-refractivity contribution in [1.29, 1.82) is 0 Å². The molecule has 112 valence electrons. The van der Waals surface area contributed by atoms with E-state index in [1.54, 1.807) is 0 Å². The van der Waals surface area contributed by atoms with Crippen LogP contribution in [-0.2, 0) is 0 Å². The third-order valence-electron chi connectivity index (χ3n) is 3.52. The van der Waals surface area contributed by atoms with Crippen molar-refractivity contribution in [2.75, 3.05) is 0 Å². The second kappa shape index (κ2) is 7.86. The molecule has 0 spiro atoms. The molecule has 0 N–H and O–H groups in total. The minimum absolute atomic E-state index is 1.12. The lowest BCUT2D eigenvalue weighted by Gasteiger charge is -2.03. The fourth-order valence-corrected chi connectivity index (χ4v) is 2.56. The first-order chi connectivity index (χ1) is 10.6. The molecule has 0 aromatic heterocycles. The SMILES string of the molecule is Cc1cc(C)c(S)c(C)c1.c1ccc(-c2ccccc2)cc1. The zero-order valence-corrected chi connectivity index (χ0v) is 14.3. The van der Waals surface area contributed by atoms with Crippen LogP contribution in [0.2, 0.25) is 0 Å². The van der Waals surface area contributed by atoms with Gasteiger partial charge in [0.05, 0.1) is 0 Å². The molecule has 0 fully saturated rings. The summed E-state index contributed by atoms with van der Waals surface area (Å²) in [5.41, 5.74) is 6.39. The Morgan fingerprint density at radius 2 is 0.955 bits per heavy atom. The Balaban J connectivity index is 0.000000164. The highest BCUT2D eigenvalue weighted by atomic mass is 32.1. The predicted octanol–water partition coefficient (Wildman–Crippen LogP) is 6.25. The van der Waals surface area contributed by atoms with Gasteiger partial charge >= 0.3 is 0 Å². The summed E-state index contributed by atoms with van der Waals surface area (Å²) in [4.78, 5) is 1.12. The topological polar surface area (TPSA) is 0 Å². The number of hydrogen-bond donors (Lipinski definition) is 1. The molecule has 0 saturated heterocycles. The Bertz CT molecular complexity index is 655. The Hall–Kier alpha value is -1.99. The summed E-state index contributed by atoms with van der Waals surface area (Å²) in [6.45, 7) is 6.28. The van der Waals surface area contributed by atoms with Gasteiger partial charge in [-0.05, 0) is 43.0 Å². The number of thiol groups is 1. The standard InChI is InChI=1S/C12H10.C9H12S/c1-3-7-11(8-4-1)12-9-5-2-6-10-12;1-6-4-7(2)9(10)8(3)5-6/h1-10H;4-5,10H,1-3H3. The zero-order chi connectivity index (χ0) is 15.9. The molecular formula is C21H22S. The molecule has 3 aromatic carbocycles. The summed E-state index contributed by atoms with van der Waals surface area (Å²) in [6.07, 6.45) is 0. The average molecular weight is 306 g/mol. The molecule has 0 unspecified atom stereocenters. The number of hydrogen-bond acceptors (Lipinski definition) is 1. The quantitative estimate of drug-likeness (QED) is 0.504. The molecule has 22 heavy (non-hydrogen) atoms. The molecule has 3 aromatic rings. The van der Waals surface area contributed by atoms with Crippen molar-refractivity contribution >= 4 is 12.6 Å². The predicted molar refractivity (Wildman–Crippen MR) is 99.8 cm³/mol. The molecule has 0 aliphatic heterocycles. The maximum absolute atomic E-state index is 4.36. The Labute approximate surface area is 139 Å². The van der Waals surface area contributed by atoms with Gasteiger partial charge in [-0.3, -0.25) is 0 Å². The van der Waals surface area contributed by atoms with Crippen molar-refractivity contribution in [3.8, 4) is 11.1 Å². The Morgan fingerprint density at radius 3 is 1.32 bits per heavy atom. The van der Waals surface area contributed by atoms with Gasteiger partial charge in [-0.25, -0.2) is 0 Å². The number of benzene rings is 3. The molecule has 3 rings (SSSR count). The first kappa shape index (κ1) is 16.4. The van der Waals surface area contributed by atoms with Crippen LogP contribution in [0.3, 0.4) is 0 Å². The summed E-state index contributed by atoms with van der Waals surface area (Å²) < 4.78 is 0. The molecule has 0 amide bonds. The zero-order valence-electron chi connectivity index (χ0n) is 13.4. The normalized spacial score (nSPS) is 9.82. The molecule has 0 aliphatic carbocycles. The smallest absolute Gasteiger partial charge is 0.00987 e. The van der Waals surface area contributed by atoms with Crippen molar-refractivity contribution in [3.63, 3.8) is 0 Å². The largest absolute Gasteiger partial charge is 0.143 e. The van der Waals surface area contributed by atoms with Gasteiger partial charge in [0.1, 0.15) is 0 Å². The number of aryl methyl sites for hydroxylation is 3. The third kappa shape index (κ3) is 4.51. The van der Waals surface area contributed by atoms with Crippen molar-refractivity contribution in [2.45, 2.75) is 25.7 Å². The lowest BCUT2D eigenvalue weighted by Crippen LogP contribution is -1.83. The van der Waals surface area contributed by atoms with Gasteiger partial charge in [0.15, 0.2) is 0 Å². The molecular weight excluding hydrogens is 284 g/mol. The highest BCUT2D eigenvalue weighted by molar-refractivity contribution is 7.80. The van der Waals surface area contributed by atoms with E-state index in [9.17, 15) is 0 Å². The van der Waals surface area contributed by atoms with E-state index in [4.69, 9.17) is 0 Å². The minimum atomic E-state index is 1.12. The molecule has 0 heterocycles. The van der Waals surface area contributed by atoms with E-state index in [-0.39, 0.29) is 0 Å². The van der Waals surface area contributed by atoms with Crippen LogP contribution in [0.15, 0.2) is 77.7 Å². The van der Waals surface area contributed by atoms with Crippen LogP contribution in [0, 0.1) is 20.8 Å². The van der Waals surface area contributed by atoms with E-state index in [0.717, 1.165) is 4.90 Å². The van der Waals surface area contributed by atoms with E-state index in [1.165, 1.54) is 27.8 Å². The molecule has 0 atom stereocenters. The molecule has 0 radical (unpaired) electrons. The highest BCUT2D eigenvalue weighted by Crippen LogP contribution is 2.19. The first-order valence-corrected chi connectivity index (χ1v) is 7.90. The maximum atomic E-state index is 4.36. The van der Waals surface area contributed by atoms with Crippen molar-refractivity contribution in [1.82, 2.24) is 0 Å². The molecule has 0 saturated carbocycles. The van der Waals surface area contributed by atoms with Crippen LogP contribution in [0.4, 0.5) is 0 Å². The van der Waals surface area contributed by atoms with E-state index in [0.29, 0.717) is 0 Å². The summed E-state index contributed by atoms with van der Waals surface area (Å²) in [7, 11) is 0. The summed E-state index contributed by atoms with van der Waals surface area (Å²) in [6, 6.07) is 25.1. The summed E-state index contributed by atoms with van der Waals surface area (Å²) >= 11 is 4.36. The lowest BCUT2D eigenvalue weighted by molar-refractivity contribution is 1.20.